The number of para-hydroxylation sites is 2. The van der Waals surface area contributed by atoms with Crippen molar-refractivity contribution in [1.29, 1.82) is 0 Å². The Kier molecular flexibility index (Phi) is 4.25. The van der Waals surface area contributed by atoms with Gasteiger partial charge in [-0.15, -0.1) is 11.3 Å². The van der Waals surface area contributed by atoms with Crippen molar-refractivity contribution in [3.63, 3.8) is 0 Å². The van der Waals surface area contributed by atoms with Crippen LogP contribution in [-0.2, 0) is 20.2 Å². The minimum Gasteiger partial charge on any atom is -0.254 e. The van der Waals surface area contributed by atoms with Crippen LogP contribution in [0.1, 0.15) is 12.8 Å². The quantitative estimate of drug-likeness (QED) is 0.772. The zero-order valence-corrected chi connectivity index (χ0v) is 16.6. The summed E-state index contributed by atoms with van der Waals surface area (Å²) in [7, 11) is -5.57. The maximum absolute atomic E-state index is 12.8. The molecule has 10 heteroatoms. The third-order valence-electron chi connectivity index (χ3n) is 4.90. The number of nitrogens with zero attached hydrogens (tertiary/aromatic N) is 3. The molecule has 7 nitrogen and oxygen atoms in total. The Bertz CT molecular complexity index is 1010. The molecule has 0 atom stereocenters. The van der Waals surface area contributed by atoms with E-state index in [0.717, 1.165) is 0 Å². The van der Waals surface area contributed by atoms with E-state index < -0.39 is 20.2 Å². The smallest absolute Gasteiger partial charge is 0.254 e. The van der Waals surface area contributed by atoms with Crippen LogP contribution in [0.5, 0.6) is 0 Å². The molecular formula is C16H19N3O4S3. The van der Waals surface area contributed by atoms with Gasteiger partial charge in [0.1, 0.15) is 4.21 Å². The SMILES string of the molecule is CN1c2ccccc2N(C2CCN(S(=O)(=O)c3cccs3)CC2)S1(=O)=O. The van der Waals surface area contributed by atoms with Crippen LogP contribution in [0.25, 0.3) is 0 Å². The maximum atomic E-state index is 12.8. The van der Waals surface area contributed by atoms with Crippen molar-refractivity contribution in [1.82, 2.24) is 4.31 Å². The number of thiophene rings is 1. The van der Waals surface area contributed by atoms with Gasteiger partial charge in [0.15, 0.2) is 0 Å². The van der Waals surface area contributed by atoms with Crippen molar-refractivity contribution in [2.75, 3.05) is 28.7 Å². The van der Waals surface area contributed by atoms with Crippen LogP contribution in [0.3, 0.4) is 0 Å². The molecule has 0 N–H and O–H groups in total. The number of benzene rings is 1. The van der Waals surface area contributed by atoms with E-state index in [1.54, 1.807) is 36.7 Å². The molecule has 0 radical (unpaired) electrons. The Balaban J connectivity index is 1.57. The lowest BCUT2D eigenvalue weighted by molar-refractivity contribution is 0.322. The average molecular weight is 414 g/mol. The highest BCUT2D eigenvalue weighted by Gasteiger charge is 2.43. The fourth-order valence-electron chi connectivity index (χ4n) is 3.54. The molecule has 0 spiro atoms. The number of hydrogen-bond acceptors (Lipinski definition) is 5. The van der Waals surface area contributed by atoms with E-state index in [4.69, 9.17) is 0 Å². The van der Waals surface area contributed by atoms with Crippen LogP contribution in [0.4, 0.5) is 11.4 Å². The third kappa shape index (κ3) is 2.63. The first kappa shape index (κ1) is 17.8. The van der Waals surface area contributed by atoms with Gasteiger partial charge in [0.2, 0.25) is 0 Å². The first-order valence-electron chi connectivity index (χ1n) is 8.24. The van der Waals surface area contributed by atoms with E-state index in [1.807, 2.05) is 12.1 Å². The minimum atomic E-state index is -3.62. The van der Waals surface area contributed by atoms with Crippen LogP contribution >= 0.6 is 11.3 Å². The molecule has 1 aromatic heterocycles. The molecule has 0 saturated carbocycles. The zero-order chi connectivity index (χ0) is 18.5. The molecule has 1 fully saturated rings. The Morgan fingerprint density at radius 1 is 1.04 bits per heavy atom. The van der Waals surface area contributed by atoms with Crippen LogP contribution in [0, 0.1) is 0 Å². The van der Waals surface area contributed by atoms with Crippen LogP contribution < -0.4 is 8.61 Å². The minimum absolute atomic E-state index is 0.249. The zero-order valence-electron chi connectivity index (χ0n) is 14.1. The highest BCUT2D eigenvalue weighted by atomic mass is 32.2. The fraction of sp³-hybridized carbons (Fsp3) is 0.375. The van der Waals surface area contributed by atoms with Gasteiger partial charge in [-0.05, 0) is 36.4 Å². The Labute approximate surface area is 157 Å². The number of rotatable bonds is 3. The fourth-order valence-corrected chi connectivity index (χ4v) is 7.81. The highest BCUT2D eigenvalue weighted by molar-refractivity contribution is 7.94. The highest BCUT2D eigenvalue weighted by Crippen LogP contribution is 2.42. The summed E-state index contributed by atoms with van der Waals surface area (Å²) < 4.78 is 55.5. The molecule has 3 heterocycles. The van der Waals surface area contributed by atoms with Gasteiger partial charge in [0.25, 0.3) is 10.0 Å². The molecule has 4 rings (SSSR count). The monoisotopic (exact) mass is 413 g/mol. The third-order valence-corrected chi connectivity index (χ3v) is 10.0. The Morgan fingerprint density at radius 2 is 1.69 bits per heavy atom. The molecule has 2 aliphatic heterocycles. The normalized spacial score (nSPS) is 21.1. The van der Waals surface area contributed by atoms with Crippen LogP contribution in [-0.4, -0.2) is 47.3 Å². The van der Waals surface area contributed by atoms with E-state index in [1.165, 1.54) is 24.3 Å². The Hall–Kier alpha value is -1.62. The molecule has 0 bridgehead atoms. The predicted octanol–water partition coefficient (Wildman–Crippen LogP) is 2.10. The van der Waals surface area contributed by atoms with Gasteiger partial charge in [-0.3, -0.25) is 4.31 Å². The average Bonchev–Trinajstić information content (AvgIpc) is 3.23. The lowest BCUT2D eigenvalue weighted by atomic mass is 10.1. The molecule has 1 saturated heterocycles. The summed E-state index contributed by atoms with van der Waals surface area (Å²) in [6.07, 6.45) is 0.929. The van der Waals surface area contributed by atoms with E-state index >= 15 is 0 Å². The van der Waals surface area contributed by atoms with E-state index in [9.17, 15) is 16.8 Å². The maximum Gasteiger partial charge on any atom is 0.326 e. The topological polar surface area (TPSA) is 78.0 Å². The van der Waals surface area contributed by atoms with Crippen molar-refractivity contribution >= 4 is 42.9 Å². The van der Waals surface area contributed by atoms with Gasteiger partial charge in [-0.1, -0.05) is 18.2 Å². The summed E-state index contributed by atoms with van der Waals surface area (Å²) in [5.41, 5.74) is 1.32. The Morgan fingerprint density at radius 3 is 2.31 bits per heavy atom. The van der Waals surface area contributed by atoms with E-state index in [-0.39, 0.29) is 6.04 Å². The van der Waals surface area contributed by atoms with Gasteiger partial charge in [0.05, 0.1) is 11.4 Å². The van der Waals surface area contributed by atoms with Gasteiger partial charge in [-0.25, -0.2) is 12.7 Å². The summed E-state index contributed by atoms with van der Waals surface area (Å²) in [6, 6.07) is 10.3. The van der Waals surface area contributed by atoms with E-state index in [2.05, 4.69) is 0 Å². The summed E-state index contributed by atoms with van der Waals surface area (Å²) in [6.45, 7) is 0.617. The first-order chi connectivity index (χ1) is 12.3. The molecule has 2 aromatic rings. The molecular weight excluding hydrogens is 394 g/mol. The molecule has 0 unspecified atom stereocenters. The summed E-state index contributed by atoms with van der Waals surface area (Å²) in [5, 5.41) is 1.74. The van der Waals surface area contributed by atoms with Crippen LogP contribution in [0.15, 0.2) is 46.0 Å². The molecule has 140 valence electrons. The second-order valence-corrected chi connectivity index (χ2v) is 11.3. The number of sulfonamides is 1. The number of fused-ring (bicyclic) bond motifs is 1. The number of hydrogen-bond donors (Lipinski definition) is 0. The van der Waals surface area contributed by atoms with Gasteiger partial charge >= 0.3 is 10.2 Å². The van der Waals surface area contributed by atoms with Crippen molar-refractivity contribution < 1.29 is 16.8 Å². The molecule has 26 heavy (non-hydrogen) atoms. The molecule has 0 amide bonds. The summed E-state index contributed by atoms with van der Waals surface area (Å²) in [4.78, 5) is 0. The van der Waals surface area contributed by atoms with Crippen molar-refractivity contribution in [3.8, 4) is 0 Å². The summed E-state index contributed by atoms with van der Waals surface area (Å²) >= 11 is 1.20. The van der Waals surface area contributed by atoms with Gasteiger partial charge in [0, 0.05) is 26.2 Å². The van der Waals surface area contributed by atoms with Gasteiger partial charge in [-0.2, -0.15) is 12.7 Å². The van der Waals surface area contributed by atoms with Crippen LogP contribution in [0.2, 0.25) is 0 Å². The number of anilines is 2. The van der Waals surface area contributed by atoms with Gasteiger partial charge < -0.3 is 0 Å². The molecule has 0 aliphatic carbocycles. The predicted molar refractivity (Wildman–Crippen MR) is 102 cm³/mol. The van der Waals surface area contributed by atoms with Crippen molar-refractivity contribution in [3.05, 3.63) is 41.8 Å². The largest absolute Gasteiger partial charge is 0.326 e. The number of piperidine rings is 1. The molecule has 1 aromatic carbocycles. The standard InChI is InChI=1S/C16H19N3O4S3/c1-17-14-5-2-3-6-15(14)19(26(17,22)23)13-8-10-18(11-9-13)25(20,21)16-7-4-12-24-16/h2-7,12-13H,8-11H2,1H3. The lowest BCUT2D eigenvalue weighted by Crippen LogP contribution is -2.49. The summed E-state index contributed by atoms with van der Waals surface area (Å²) in [5.74, 6) is 0. The van der Waals surface area contributed by atoms with Crippen molar-refractivity contribution in [2.45, 2.75) is 23.1 Å². The second-order valence-electron chi connectivity index (χ2n) is 6.33. The lowest BCUT2D eigenvalue weighted by Gasteiger charge is -2.36. The second kappa shape index (κ2) is 6.22. The van der Waals surface area contributed by atoms with Crippen molar-refractivity contribution in [2.24, 2.45) is 0 Å². The van der Waals surface area contributed by atoms with E-state index in [0.29, 0.717) is 41.5 Å². The first-order valence-corrected chi connectivity index (χ1v) is 12.0. The molecule has 2 aliphatic rings.